The SMILES string of the molecule is COc1ccc(C(=O)OCc2coc(-c3ccccc3)n2)cc1S(=O)(=O)N1CC(C)CC(C)C1. The van der Waals surface area contributed by atoms with Crippen molar-refractivity contribution in [1.82, 2.24) is 9.29 Å². The fourth-order valence-electron chi connectivity index (χ4n) is 4.26. The van der Waals surface area contributed by atoms with E-state index in [0.717, 1.165) is 12.0 Å². The first-order chi connectivity index (χ1) is 16.3. The third-order valence-electron chi connectivity index (χ3n) is 5.78. The lowest BCUT2D eigenvalue weighted by Gasteiger charge is -2.34. The number of carbonyl (C=O) groups is 1. The number of ether oxygens (including phenoxy) is 2. The third kappa shape index (κ3) is 5.15. The molecule has 4 rings (SSSR count). The summed E-state index contributed by atoms with van der Waals surface area (Å²) in [7, 11) is -2.44. The number of benzene rings is 2. The summed E-state index contributed by atoms with van der Waals surface area (Å²) in [4.78, 5) is 17.0. The summed E-state index contributed by atoms with van der Waals surface area (Å²) in [5, 5.41) is 0. The molecule has 9 heteroatoms. The molecule has 1 aliphatic heterocycles. The molecule has 2 atom stereocenters. The van der Waals surface area contributed by atoms with E-state index in [1.54, 1.807) is 0 Å². The van der Waals surface area contributed by atoms with Crippen LogP contribution in [0.15, 0.2) is 64.1 Å². The standard InChI is InChI=1S/C25H28N2O6S/c1-17-11-18(2)14-27(13-17)34(29,30)23-12-20(9-10-22(23)31-3)25(28)33-16-21-15-32-24(26-21)19-7-5-4-6-8-19/h4-10,12,15,17-18H,11,13-14,16H2,1-3H3. The highest BCUT2D eigenvalue weighted by Gasteiger charge is 2.34. The van der Waals surface area contributed by atoms with Crippen LogP contribution in [0.2, 0.25) is 0 Å². The fraction of sp³-hybridized carbons (Fsp3) is 0.360. The summed E-state index contributed by atoms with van der Waals surface area (Å²) in [6.07, 6.45) is 2.40. The van der Waals surface area contributed by atoms with Gasteiger partial charge in [0.2, 0.25) is 15.9 Å². The van der Waals surface area contributed by atoms with E-state index in [9.17, 15) is 13.2 Å². The smallest absolute Gasteiger partial charge is 0.338 e. The molecule has 180 valence electrons. The van der Waals surface area contributed by atoms with Gasteiger partial charge in [0.05, 0.1) is 12.7 Å². The molecule has 0 radical (unpaired) electrons. The van der Waals surface area contributed by atoms with E-state index in [0.29, 0.717) is 24.7 Å². The highest BCUT2D eigenvalue weighted by molar-refractivity contribution is 7.89. The lowest BCUT2D eigenvalue weighted by molar-refractivity contribution is 0.0467. The molecule has 0 amide bonds. The molecular weight excluding hydrogens is 456 g/mol. The van der Waals surface area contributed by atoms with Gasteiger partial charge < -0.3 is 13.9 Å². The Bertz CT molecular complexity index is 1250. The largest absolute Gasteiger partial charge is 0.495 e. The van der Waals surface area contributed by atoms with E-state index in [2.05, 4.69) is 4.98 Å². The summed E-state index contributed by atoms with van der Waals surface area (Å²) in [5.74, 6) is 0.450. The summed E-state index contributed by atoms with van der Waals surface area (Å²) in [6.45, 7) is 4.83. The minimum atomic E-state index is -3.85. The average Bonchev–Trinajstić information content (AvgIpc) is 3.31. The number of oxazole rings is 1. The van der Waals surface area contributed by atoms with Crippen LogP contribution in [-0.4, -0.2) is 43.9 Å². The minimum absolute atomic E-state index is 0.0430. The molecule has 1 saturated heterocycles. The predicted molar refractivity (Wildman–Crippen MR) is 126 cm³/mol. The van der Waals surface area contributed by atoms with Crippen molar-refractivity contribution in [3.05, 3.63) is 66.1 Å². The van der Waals surface area contributed by atoms with Crippen LogP contribution < -0.4 is 4.74 Å². The van der Waals surface area contributed by atoms with E-state index in [-0.39, 0.29) is 34.7 Å². The zero-order chi connectivity index (χ0) is 24.3. The topological polar surface area (TPSA) is 98.9 Å². The van der Waals surface area contributed by atoms with Crippen LogP contribution in [0.4, 0.5) is 0 Å². The molecule has 2 unspecified atom stereocenters. The minimum Gasteiger partial charge on any atom is -0.495 e. The van der Waals surface area contributed by atoms with Gasteiger partial charge in [-0.3, -0.25) is 0 Å². The first kappa shape index (κ1) is 24.0. The molecule has 3 aromatic rings. The number of nitrogens with zero attached hydrogens (tertiary/aromatic N) is 2. The summed E-state index contributed by atoms with van der Waals surface area (Å²) in [5.41, 5.74) is 1.38. The number of methoxy groups -OCH3 is 1. The van der Waals surface area contributed by atoms with Crippen molar-refractivity contribution in [2.75, 3.05) is 20.2 Å². The molecule has 0 saturated carbocycles. The van der Waals surface area contributed by atoms with Gasteiger partial charge in [0.15, 0.2) is 0 Å². The number of hydrogen-bond donors (Lipinski definition) is 0. The van der Waals surface area contributed by atoms with Crippen LogP contribution in [0.1, 0.15) is 36.3 Å². The van der Waals surface area contributed by atoms with Crippen LogP contribution >= 0.6 is 0 Å². The average molecular weight is 485 g/mol. The molecule has 1 fully saturated rings. The van der Waals surface area contributed by atoms with Crippen molar-refractivity contribution in [2.45, 2.75) is 31.8 Å². The van der Waals surface area contributed by atoms with Gasteiger partial charge in [-0.2, -0.15) is 4.31 Å². The van der Waals surface area contributed by atoms with Crippen LogP contribution in [0.5, 0.6) is 5.75 Å². The second-order valence-corrected chi connectivity index (χ2v) is 10.6. The molecule has 1 aliphatic rings. The zero-order valence-corrected chi connectivity index (χ0v) is 20.2. The number of piperidine rings is 1. The predicted octanol–water partition coefficient (Wildman–Crippen LogP) is 4.37. The highest BCUT2D eigenvalue weighted by Crippen LogP contribution is 2.32. The van der Waals surface area contributed by atoms with Gasteiger partial charge in [0.25, 0.3) is 0 Å². The maximum atomic E-state index is 13.4. The van der Waals surface area contributed by atoms with Crippen molar-refractivity contribution in [2.24, 2.45) is 11.8 Å². The van der Waals surface area contributed by atoms with Crippen LogP contribution in [0.3, 0.4) is 0 Å². The number of sulfonamides is 1. The number of esters is 1. The van der Waals surface area contributed by atoms with Crippen molar-refractivity contribution < 1.29 is 27.1 Å². The van der Waals surface area contributed by atoms with E-state index in [1.165, 1.54) is 35.9 Å². The Kier molecular flexibility index (Phi) is 7.04. The number of rotatable bonds is 7. The summed E-state index contributed by atoms with van der Waals surface area (Å²) >= 11 is 0. The van der Waals surface area contributed by atoms with Gasteiger partial charge in [-0.25, -0.2) is 18.2 Å². The van der Waals surface area contributed by atoms with Gasteiger partial charge in [0, 0.05) is 18.7 Å². The van der Waals surface area contributed by atoms with Crippen molar-refractivity contribution in [3.8, 4) is 17.2 Å². The van der Waals surface area contributed by atoms with Crippen molar-refractivity contribution in [1.29, 1.82) is 0 Å². The molecule has 0 bridgehead atoms. The number of carbonyl (C=O) groups excluding carboxylic acids is 1. The Hall–Kier alpha value is -3.17. The molecule has 8 nitrogen and oxygen atoms in total. The molecule has 2 heterocycles. The normalized spacial score (nSPS) is 19.0. The second kappa shape index (κ2) is 9.99. The molecule has 1 aromatic heterocycles. The zero-order valence-electron chi connectivity index (χ0n) is 19.4. The molecule has 0 aliphatic carbocycles. The molecule has 0 N–H and O–H groups in total. The molecular formula is C25H28N2O6S. The Labute approximate surface area is 199 Å². The second-order valence-electron chi connectivity index (χ2n) is 8.72. The Morgan fingerprint density at radius 3 is 2.50 bits per heavy atom. The van der Waals surface area contributed by atoms with Gasteiger partial charge in [-0.05, 0) is 48.6 Å². The summed E-state index contributed by atoms with van der Waals surface area (Å²) in [6, 6.07) is 13.7. The Balaban J connectivity index is 1.51. The molecule has 34 heavy (non-hydrogen) atoms. The lowest BCUT2D eigenvalue weighted by atomic mass is 9.94. The van der Waals surface area contributed by atoms with Gasteiger partial charge in [-0.15, -0.1) is 0 Å². The molecule has 2 aromatic carbocycles. The van der Waals surface area contributed by atoms with Crippen LogP contribution in [0.25, 0.3) is 11.5 Å². The Morgan fingerprint density at radius 1 is 1.12 bits per heavy atom. The fourth-order valence-corrected chi connectivity index (χ4v) is 6.12. The van der Waals surface area contributed by atoms with Crippen molar-refractivity contribution >= 4 is 16.0 Å². The van der Waals surface area contributed by atoms with E-state index in [4.69, 9.17) is 13.9 Å². The van der Waals surface area contributed by atoms with E-state index >= 15 is 0 Å². The maximum Gasteiger partial charge on any atom is 0.338 e. The van der Waals surface area contributed by atoms with Crippen molar-refractivity contribution in [3.63, 3.8) is 0 Å². The van der Waals surface area contributed by atoms with Gasteiger partial charge in [0.1, 0.15) is 29.2 Å². The number of hydrogen-bond acceptors (Lipinski definition) is 7. The third-order valence-corrected chi connectivity index (χ3v) is 7.63. The number of aromatic nitrogens is 1. The highest BCUT2D eigenvalue weighted by atomic mass is 32.2. The molecule has 0 spiro atoms. The van der Waals surface area contributed by atoms with Crippen LogP contribution in [-0.2, 0) is 21.4 Å². The lowest BCUT2D eigenvalue weighted by Crippen LogP contribution is -2.42. The van der Waals surface area contributed by atoms with Crippen LogP contribution in [0, 0.1) is 11.8 Å². The van der Waals surface area contributed by atoms with E-state index in [1.807, 2.05) is 44.2 Å². The quantitative estimate of drug-likeness (QED) is 0.459. The Morgan fingerprint density at radius 2 is 1.82 bits per heavy atom. The first-order valence-electron chi connectivity index (χ1n) is 11.1. The maximum absolute atomic E-state index is 13.4. The monoisotopic (exact) mass is 484 g/mol. The summed E-state index contributed by atoms with van der Waals surface area (Å²) < 4.78 is 44.5. The van der Waals surface area contributed by atoms with Gasteiger partial charge >= 0.3 is 5.97 Å². The van der Waals surface area contributed by atoms with E-state index < -0.39 is 16.0 Å². The first-order valence-corrected chi connectivity index (χ1v) is 12.6. The van der Waals surface area contributed by atoms with Gasteiger partial charge in [-0.1, -0.05) is 32.0 Å².